The Morgan fingerprint density at radius 3 is 1.45 bits per heavy atom. The summed E-state index contributed by atoms with van der Waals surface area (Å²) in [6, 6.07) is 3.24. The van der Waals surface area contributed by atoms with Crippen molar-refractivity contribution >= 4 is 46.8 Å². The molecule has 6 heteroatoms. The molecule has 1 aliphatic rings. The van der Waals surface area contributed by atoms with Crippen LogP contribution in [0.25, 0.3) is 0 Å². The zero-order valence-electron chi connectivity index (χ0n) is 16.4. The Balaban J connectivity index is 3.73. The highest BCUT2D eigenvalue weighted by Gasteiger charge is 2.76. The average Bonchev–Trinajstić information content (AvgIpc) is 2.26. The Bertz CT molecular complexity index is 364. The van der Waals surface area contributed by atoms with Crippen molar-refractivity contribution in [2.24, 2.45) is 0 Å². The highest BCUT2D eigenvalue weighted by Crippen LogP contribution is 2.62. The molecule has 0 aliphatic carbocycles. The maximum absolute atomic E-state index is 2.88. The summed E-state index contributed by atoms with van der Waals surface area (Å²) in [6.07, 6.45) is 0. The van der Waals surface area contributed by atoms with E-state index in [-0.39, 0.29) is 0 Å². The van der Waals surface area contributed by atoms with Gasteiger partial charge in [0, 0.05) is 46.8 Å². The topological polar surface area (TPSA) is 0 Å². The molecule has 1 heterocycles. The molecule has 0 saturated carbocycles. The second kappa shape index (κ2) is 4.90. The summed E-state index contributed by atoms with van der Waals surface area (Å²) in [5.74, 6) is 0. The summed E-state index contributed by atoms with van der Waals surface area (Å²) in [7, 11) is -3.96. The lowest BCUT2D eigenvalue weighted by atomic mass is 10.5. The van der Waals surface area contributed by atoms with Crippen LogP contribution >= 0.6 is 0 Å². The fourth-order valence-electron chi connectivity index (χ4n) is 5.63. The lowest BCUT2D eigenvalue weighted by molar-refractivity contribution is 0.870. The van der Waals surface area contributed by atoms with Crippen LogP contribution in [0.1, 0.15) is 13.8 Å². The normalized spacial score (nSPS) is 36.8. The fraction of sp³-hybridized carbons (Fsp3) is 1.00. The molecular formula is C14H40Si6. The van der Waals surface area contributed by atoms with Gasteiger partial charge in [0.2, 0.25) is 0 Å². The van der Waals surface area contributed by atoms with Gasteiger partial charge in [-0.05, 0) is 4.66 Å². The molecule has 1 unspecified atom stereocenters. The summed E-state index contributed by atoms with van der Waals surface area (Å²) in [6.45, 7) is 31.1. The van der Waals surface area contributed by atoms with E-state index in [0.717, 1.165) is 4.66 Å². The van der Waals surface area contributed by atoms with E-state index in [1.54, 1.807) is 12.1 Å². The Kier molecular flexibility index (Phi) is 4.74. The molecule has 0 N–H and O–H groups in total. The number of rotatable bonds is 2. The van der Waals surface area contributed by atoms with Crippen LogP contribution in [0.4, 0.5) is 0 Å². The Morgan fingerprint density at radius 2 is 1.10 bits per heavy atom. The van der Waals surface area contributed by atoms with E-state index in [2.05, 4.69) is 72.8 Å². The zero-order valence-corrected chi connectivity index (χ0v) is 23.4. The summed E-state index contributed by atoms with van der Waals surface area (Å²) < 4.78 is 0.762. The SMILES string of the molecule is CC1(C)[Si](C)(C)[Si](C)(C)[Si](C)(C)[Si](C)(C)[Si]1(C)CC[SiH3]. The molecule has 1 saturated heterocycles. The highest BCUT2D eigenvalue weighted by atomic mass is 30.0. The van der Waals surface area contributed by atoms with Gasteiger partial charge >= 0.3 is 0 Å². The molecule has 0 aromatic carbocycles. The predicted molar refractivity (Wildman–Crippen MR) is 115 cm³/mol. The highest BCUT2D eigenvalue weighted by molar-refractivity contribution is 7.96. The van der Waals surface area contributed by atoms with E-state index in [1.807, 2.05) is 0 Å². The average molecular weight is 377 g/mol. The monoisotopic (exact) mass is 376 g/mol. The maximum atomic E-state index is 2.88. The molecule has 0 radical (unpaired) electrons. The quantitative estimate of drug-likeness (QED) is 0.629. The first-order valence-corrected chi connectivity index (χ1v) is 28.7. The third-order valence-corrected chi connectivity index (χ3v) is 114. The maximum Gasteiger partial charge on any atom is 0.0439 e. The third kappa shape index (κ3) is 1.84. The van der Waals surface area contributed by atoms with Crippen LogP contribution in [0.2, 0.25) is 75.7 Å². The molecule has 1 atom stereocenters. The van der Waals surface area contributed by atoms with Crippen LogP contribution in [0, 0.1) is 0 Å². The minimum atomic E-state index is -1.13. The van der Waals surface area contributed by atoms with Gasteiger partial charge in [-0.1, -0.05) is 84.9 Å². The van der Waals surface area contributed by atoms with Crippen molar-refractivity contribution in [2.75, 3.05) is 0 Å². The first-order chi connectivity index (χ1) is 8.56. The van der Waals surface area contributed by atoms with Gasteiger partial charge in [-0.15, -0.1) is 0 Å². The zero-order chi connectivity index (χ0) is 16.4. The van der Waals surface area contributed by atoms with Gasteiger partial charge in [0.15, 0.2) is 0 Å². The molecule has 1 aliphatic heterocycles. The first kappa shape index (κ1) is 19.3. The molecule has 1 fully saturated rings. The van der Waals surface area contributed by atoms with E-state index in [1.165, 1.54) is 10.2 Å². The Labute approximate surface area is 136 Å². The Morgan fingerprint density at radius 1 is 0.700 bits per heavy atom. The molecule has 20 heavy (non-hydrogen) atoms. The van der Waals surface area contributed by atoms with Crippen LogP contribution in [0.3, 0.4) is 0 Å². The van der Waals surface area contributed by atoms with E-state index >= 15 is 0 Å². The summed E-state index contributed by atoms with van der Waals surface area (Å²) in [5.41, 5.74) is 0. The fourth-order valence-corrected chi connectivity index (χ4v) is 149. The van der Waals surface area contributed by atoms with Crippen molar-refractivity contribution in [1.82, 2.24) is 0 Å². The van der Waals surface area contributed by atoms with Crippen molar-refractivity contribution in [3.05, 3.63) is 0 Å². The predicted octanol–water partition coefficient (Wildman–Crippen LogP) is 4.33. The molecule has 0 nitrogen and oxygen atoms in total. The van der Waals surface area contributed by atoms with E-state index < -0.39 is 36.5 Å². The minimum absolute atomic E-state index is 0.762. The van der Waals surface area contributed by atoms with Gasteiger partial charge in [-0.2, -0.15) is 0 Å². The van der Waals surface area contributed by atoms with Gasteiger partial charge in [-0.3, -0.25) is 0 Å². The molecule has 0 aromatic rings. The lowest BCUT2D eigenvalue weighted by Crippen LogP contribution is -2.94. The second-order valence-electron chi connectivity index (χ2n) is 10.2. The summed E-state index contributed by atoms with van der Waals surface area (Å²) in [5, 5.41) is 0. The van der Waals surface area contributed by atoms with Gasteiger partial charge in [0.05, 0.1) is 0 Å². The van der Waals surface area contributed by atoms with Crippen LogP contribution in [-0.2, 0) is 0 Å². The lowest BCUT2D eigenvalue weighted by Gasteiger charge is -2.74. The third-order valence-electron chi connectivity index (χ3n) is 9.76. The van der Waals surface area contributed by atoms with Crippen molar-refractivity contribution in [3.8, 4) is 0 Å². The van der Waals surface area contributed by atoms with Gasteiger partial charge in [0.25, 0.3) is 0 Å². The molecule has 120 valence electrons. The minimum Gasteiger partial charge on any atom is -0.0735 e. The number of hydrogen-bond donors (Lipinski definition) is 0. The largest absolute Gasteiger partial charge is 0.0735 e. The van der Waals surface area contributed by atoms with Crippen LogP contribution in [0.5, 0.6) is 0 Å². The van der Waals surface area contributed by atoms with Gasteiger partial charge in [0.1, 0.15) is 0 Å². The van der Waals surface area contributed by atoms with Crippen molar-refractivity contribution in [1.29, 1.82) is 0 Å². The summed E-state index contributed by atoms with van der Waals surface area (Å²) >= 11 is 0. The molecule has 0 spiro atoms. The van der Waals surface area contributed by atoms with Crippen molar-refractivity contribution in [2.45, 2.75) is 89.5 Å². The smallest absolute Gasteiger partial charge is 0.0439 e. The molecule has 0 bridgehead atoms. The van der Waals surface area contributed by atoms with E-state index in [9.17, 15) is 0 Å². The molecule has 1 rings (SSSR count). The van der Waals surface area contributed by atoms with E-state index in [4.69, 9.17) is 0 Å². The van der Waals surface area contributed by atoms with Crippen LogP contribution in [0.15, 0.2) is 0 Å². The second-order valence-corrected chi connectivity index (χ2v) is 64.4. The standard InChI is InChI=1S/C14H40Si6/c1-14(2)16(3,4)17(5,6)18(7,8)19(9,10)20(14,11)13-12-15/h12-13H2,1-11,15H3. The van der Waals surface area contributed by atoms with Crippen LogP contribution < -0.4 is 0 Å². The molecule has 0 amide bonds. The summed E-state index contributed by atoms with van der Waals surface area (Å²) in [4.78, 5) is 0. The first-order valence-electron chi connectivity index (χ1n) is 8.56. The van der Waals surface area contributed by atoms with Gasteiger partial charge < -0.3 is 0 Å². The number of hydrogen-bond acceptors (Lipinski definition) is 0. The van der Waals surface area contributed by atoms with Gasteiger partial charge in [-0.25, -0.2) is 0 Å². The van der Waals surface area contributed by atoms with Crippen LogP contribution in [-0.4, -0.2) is 46.8 Å². The Hall–Kier alpha value is 1.30. The molecule has 0 aromatic heterocycles. The molecular weight excluding hydrogens is 337 g/mol. The van der Waals surface area contributed by atoms with Crippen molar-refractivity contribution in [3.63, 3.8) is 0 Å². The van der Waals surface area contributed by atoms with E-state index in [0.29, 0.717) is 0 Å². The van der Waals surface area contributed by atoms with Crippen molar-refractivity contribution < 1.29 is 0 Å².